The largest absolute Gasteiger partial charge is 0.345 e. The number of carbonyl (C=O) groups is 3. The first-order valence-electron chi connectivity index (χ1n) is 7.87. The van der Waals surface area contributed by atoms with Crippen molar-refractivity contribution in [3.8, 4) is 0 Å². The zero-order valence-corrected chi connectivity index (χ0v) is 14.0. The molecule has 0 atom stereocenters. The summed E-state index contributed by atoms with van der Waals surface area (Å²) >= 11 is 0. The van der Waals surface area contributed by atoms with Gasteiger partial charge in [0.05, 0.1) is 13.1 Å². The van der Waals surface area contributed by atoms with Gasteiger partial charge in [0.15, 0.2) is 0 Å². The quantitative estimate of drug-likeness (QED) is 0.765. The van der Waals surface area contributed by atoms with Gasteiger partial charge in [-0.05, 0) is 25.5 Å². The van der Waals surface area contributed by atoms with Crippen LogP contribution in [0.2, 0.25) is 0 Å². The van der Waals surface area contributed by atoms with E-state index in [1.165, 1.54) is 4.90 Å². The van der Waals surface area contributed by atoms with Crippen molar-refractivity contribution in [3.63, 3.8) is 0 Å². The Balaban J connectivity index is 2.40. The molecule has 0 aromatic heterocycles. The standard InChI is InChI=1S/C17H25N3O3/c1-4-10-20(17(23)5-2)12-16(22)18-11-15(21)19-14-8-6-13(3)7-9-14/h6-9H,4-5,10-12H2,1-3H3,(H,18,22)(H,19,21). The van der Waals surface area contributed by atoms with E-state index >= 15 is 0 Å². The Morgan fingerprint density at radius 2 is 1.70 bits per heavy atom. The van der Waals surface area contributed by atoms with E-state index in [1.807, 2.05) is 26.0 Å². The molecule has 3 amide bonds. The van der Waals surface area contributed by atoms with E-state index in [0.717, 1.165) is 12.0 Å². The fraction of sp³-hybridized carbons (Fsp3) is 0.471. The lowest BCUT2D eigenvalue weighted by atomic mass is 10.2. The Kier molecular flexibility index (Phi) is 7.80. The SMILES string of the molecule is CCCN(CC(=O)NCC(=O)Nc1ccc(C)cc1)C(=O)CC. The number of hydrogen-bond acceptors (Lipinski definition) is 3. The van der Waals surface area contributed by atoms with Gasteiger partial charge in [0.2, 0.25) is 17.7 Å². The average molecular weight is 319 g/mol. The third kappa shape index (κ3) is 6.95. The van der Waals surface area contributed by atoms with Crippen molar-refractivity contribution in [1.29, 1.82) is 0 Å². The van der Waals surface area contributed by atoms with Gasteiger partial charge in [0.25, 0.3) is 0 Å². The van der Waals surface area contributed by atoms with Crippen molar-refractivity contribution in [2.75, 3.05) is 25.0 Å². The Hall–Kier alpha value is -2.37. The predicted octanol–water partition coefficient (Wildman–Crippen LogP) is 1.70. The predicted molar refractivity (Wildman–Crippen MR) is 90.0 cm³/mol. The second-order valence-electron chi connectivity index (χ2n) is 5.36. The number of nitrogens with one attached hydrogen (secondary N) is 2. The van der Waals surface area contributed by atoms with Crippen LogP contribution in [-0.4, -0.2) is 42.3 Å². The van der Waals surface area contributed by atoms with Gasteiger partial charge >= 0.3 is 0 Å². The Labute approximate surface area is 137 Å². The molecule has 0 unspecified atom stereocenters. The van der Waals surface area contributed by atoms with Crippen LogP contribution in [-0.2, 0) is 14.4 Å². The third-order valence-corrected chi connectivity index (χ3v) is 3.26. The molecule has 23 heavy (non-hydrogen) atoms. The minimum Gasteiger partial charge on any atom is -0.345 e. The van der Waals surface area contributed by atoms with Gasteiger partial charge in [-0.3, -0.25) is 14.4 Å². The maximum Gasteiger partial charge on any atom is 0.243 e. The molecule has 1 rings (SSSR count). The molecule has 0 aliphatic carbocycles. The van der Waals surface area contributed by atoms with Crippen LogP contribution in [0.1, 0.15) is 32.3 Å². The first kappa shape index (κ1) is 18.7. The van der Waals surface area contributed by atoms with Gasteiger partial charge in [-0.2, -0.15) is 0 Å². The molecule has 0 aliphatic rings. The van der Waals surface area contributed by atoms with Crippen LogP contribution >= 0.6 is 0 Å². The van der Waals surface area contributed by atoms with E-state index in [2.05, 4.69) is 10.6 Å². The van der Waals surface area contributed by atoms with Gasteiger partial charge in [-0.25, -0.2) is 0 Å². The van der Waals surface area contributed by atoms with Crippen LogP contribution < -0.4 is 10.6 Å². The summed E-state index contributed by atoms with van der Waals surface area (Å²) < 4.78 is 0. The van der Waals surface area contributed by atoms with Crippen LogP contribution in [0, 0.1) is 6.92 Å². The summed E-state index contributed by atoms with van der Waals surface area (Å²) in [6, 6.07) is 7.40. The van der Waals surface area contributed by atoms with Crippen LogP contribution in [0.25, 0.3) is 0 Å². The van der Waals surface area contributed by atoms with Crippen molar-refractivity contribution in [1.82, 2.24) is 10.2 Å². The van der Waals surface area contributed by atoms with E-state index in [-0.39, 0.29) is 30.8 Å². The number of aryl methyl sites for hydroxylation is 1. The topological polar surface area (TPSA) is 78.5 Å². The molecule has 0 spiro atoms. The molecule has 0 fully saturated rings. The maximum absolute atomic E-state index is 11.9. The molecule has 0 bridgehead atoms. The van der Waals surface area contributed by atoms with E-state index < -0.39 is 0 Å². The van der Waals surface area contributed by atoms with Gasteiger partial charge in [0.1, 0.15) is 0 Å². The van der Waals surface area contributed by atoms with Crippen molar-refractivity contribution in [2.45, 2.75) is 33.6 Å². The molecule has 126 valence electrons. The second kappa shape index (κ2) is 9.61. The highest BCUT2D eigenvalue weighted by atomic mass is 16.2. The minimum absolute atomic E-state index is 0.0156. The summed E-state index contributed by atoms with van der Waals surface area (Å²) in [5.41, 5.74) is 1.79. The summed E-state index contributed by atoms with van der Waals surface area (Å²) in [4.78, 5) is 36.9. The molecule has 1 aromatic rings. The van der Waals surface area contributed by atoms with Crippen LogP contribution in [0.15, 0.2) is 24.3 Å². The molecule has 6 heteroatoms. The first-order valence-corrected chi connectivity index (χ1v) is 7.87. The lowest BCUT2D eigenvalue weighted by Crippen LogP contribution is -2.43. The highest BCUT2D eigenvalue weighted by Gasteiger charge is 2.15. The number of nitrogens with zero attached hydrogens (tertiary/aromatic N) is 1. The van der Waals surface area contributed by atoms with Crippen LogP contribution in [0.3, 0.4) is 0 Å². The highest BCUT2D eigenvalue weighted by Crippen LogP contribution is 2.07. The van der Waals surface area contributed by atoms with Crippen molar-refractivity contribution in [2.24, 2.45) is 0 Å². The number of hydrogen-bond donors (Lipinski definition) is 2. The van der Waals surface area contributed by atoms with E-state index in [0.29, 0.717) is 18.7 Å². The lowest BCUT2D eigenvalue weighted by Gasteiger charge is -2.20. The van der Waals surface area contributed by atoms with E-state index in [9.17, 15) is 14.4 Å². The fourth-order valence-electron chi connectivity index (χ4n) is 2.04. The molecule has 0 aliphatic heterocycles. The van der Waals surface area contributed by atoms with Gasteiger partial charge in [-0.1, -0.05) is 31.5 Å². The van der Waals surface area contributed by atoms with Crippen molar-refractivity contribution >= 4 is 23.4 Å². The number of rotatable bonds is 8. The smallest absolute Gasteiger partial charge is 0.243 e. The number of benzene rings is 1. The molecular weight excluding hydrogens is 294 g/mol. The molecule has 0 saturated heterocycles. The molecule has 2 N–H and O–H groups in total. The summed E-state index contributed by atoms with van der Waals surface area (Å²) in [6.07, 6.45) is 1.15. The monoisotopic (exact) mass is 319 g/mol. The molecule has 0 heterocycles. The summed E-state index contributed by atoms with van der Waals surface area (Å²) in [7, 11) is 0. The summed E-state index contributed by atoms with van der Waals surface area (Å²) in [6.45, 7) is 6.08. The first-order chi connectivity index (χ1) is 11.0. The van der Waals surface area contributed by atoms with Gasteiger partial charge in [0, 0.05) is 18.7 Å². The number of carbonyl (C=O) groups excluding carboxylic acids is 3. The van der Waals surface area contributed by atoms with Crippen molar-refractivity contribution < 1.29 is 14.4 Å². The van der Waals surface area contributed by atoms with Crippen molar-refractivity contribution in [3.05, 3.63) is 29.8 Å². The lowest BCUT2D eigenvalue weighted by molar-refractivity contribution is -0.136. The maximum atomic E-state index is 11.9. The normalized spacial score (nSPS) is 10.0. The second-order valence-corrected chi connectivity index (χ2v) is 5.36. The van der Waals surface area contributed by atoms with Gasteiger partial charge < -0.3 is 15.5 Å². The molecule has 1 aromatic carbocycles. The zero-order valence-electron chi connectivity index (χ0n) is 14.0. The Morgan fingerprint density at radius 3 is 2.26 bits per heavy atom. The van der Waals surface area contributed by atoms with Crippen LogP contribution in [0.5, 0.6) is 0 Å². The fourth-order valence-corrected chi connectivity index (χ4v) is 2.04. The summed E-state index contributed by atoms with van der Waals surface area (Å²) in [5.74, 6) is -0.698. The zero-order chi connectivity index (χ0) is 17.2. The average Bonchev–Trinajstić information content (AvgIpc) is 2.54. The minimum atomic E-state index is -0.334. The highest BCUT2D eigenvalue weighted by molar-refractivity contribution is 5.95. The summed E-state index contributed by atoms with van der Waals surface area (Å²) in [5, 5.41) is 5.24. The van der Waals surface area contributed by atoms with Gasteiger partial charge in [-0.15, -0.1) is 0 Å². The Bertz CT molecular complexity index is 541. The molecule has 0 saturated carbocycles. The van der Waals surface area contributed by atoms with Crippen LogP contribution in [0.4, 0.5) is 5.69 Å². The molecule has 6 nitrogen and oxygen atoms in total. The third-order valence-electron chi connectivity index (χ3n) is 3.26. The van der Waals surface area contributed by atoms with E-state index in [1.54, 1.807) is 19.1 Å². The number of anilines is 1. The molecule has 0 radical (unpaired) electrons. The Morgan fingerprint density at radius 1 is 1.04 bits per heavy atom. The molecular formula is C17H25N3O3. The van der Waals surface area contributed by atoms with E-state index in [4.69, 9.17) is 0 Å². The number of amides is 3.